The van der Waals surface area contributed by atoms with Crippen LogP contribution >= 0.6 is 15.9 Å². The molecule has 3 N–H and O–H groups in total. The van der Waals surface area contributed by atoms with E-state index in [-0.39, 0.29) is 22.4 Å². The Kier molecular flexibility index (Phi) is 6.15. The highest BCUT2D eigenvalue weighted by molar-refractivity contribution is 9.10. The highest BCUT2D eigenvalue weighted by Gasteiger charge is 2.29. The summed E-state index contributed by atoms with van der Waals surface area (Å²) in [6.45, 7) is 0.836. The van der Waals surface area contributed by atoms with Crippen LogP contribution in [0, 0.1) is 16.0 Å². The van der Waals surface area contributed by atoms with Gasteiger partial charge in [0, 0.05) is 35.7 Å². The number of nitro benzene ring substituents is 1. The van der Waals surface area contributed by atoms with E-state index in [0.717, 1.165) is 10.5 Å². The number of hydrogen-bond acceptors (Lipinski definition) is 7. The van der Waals surface area contributed by atoms with Crippen molar-refractivity contribution < 1.29 is 18.1 Å². The maximum atomic E-state index is 12.5. The van der Waals surface area contributed by atoms with Crippen molar-refractivity contribution in [3.8, 4) is 0 Å². The number of piperidine rings is 1. The number of nitrogens with two attached hydrogens (primary N) is 1. The van der Waals surface area contributed by atoms with Gasteiger partial charge >= 0.3 is 0 Å². The van der Waals surface area contributed by atoms with Crippen molar-refractivity contribution >= 4 is 49.1 Å². The van der Waals surface area contributed by atoms with Crippen LogP contribution in [0.2, 0.25) is 0 Å². The minimum absolute atomic E-state index is 0.154. The van der Waals surface area contributed by atoms with Crippen molar-refractivity contribution in [1.82, 2.24) is 4.98 Å². The van der Waals surface area contributed by atoms with E-state index in [4.69, 9.17) is 5.14 Å². The van der Waals surface area contributed by atoms with Crippen LogP contribution in [0.4, 0.5) is 17.2 Å². The first-order valence-corrected chi connectivity index (χ1v) is 11.0. The number of hydrogen-bond donors (Lipinski definition) is 2. The summed E-state index contributed by atoms with van der Waals surface area (Å²) >= 11 is 3.28. The number of halogens is 1. The third-order valence-electron chi connectivity index (χ3n) is 4.66. The number of carbonyl (C=O) groups is 1. The molecule has 1 saturated heterocycles. The molecule has 0 saturated carbocycles. The molecule has 1 aromatic heterocycles. The normalized spacial score (nSPS) is 15.2. The monoisotopic (exact) mass is 483 g/mol. The lowest BCUT2D eigenvalue weighted by molar-refractivity contribution is -0.384. The molecule has 0 radical (unpaired) electrons. The zero-order valence-corrected chi connectivity index (χ0v) is 17.5. The minimum Gasteiger partial charge on any atom is -0.366 e. The highest BCUT2D eigenvalue weighted by atomic mass is 79.9. The average Bonchev–Trinajstić information content (AvgIpc) is 2.68. The topological polar surface area (TPSA) is 149 Å². The van der Waals surface area contributed by atoms with Crippen molar-refractivity contribution in [2.45, 2.75) is 17.7 Å². The summed E-state index contributed by atoms with van der Waals surface area (Å²) in [5, 5.41) is 19.2. The molecule has 2 aromatic rings. The molecule has 3 rings (SSSR count). The smallest absolute Gasteiger partial charge is 0.293 e. The first-order valence-electron chi connectivity index (χ1n) is 8.64. The Morgan fingerprint density at radius 1 is 1.28 bits per heavy atom. The standard InChI is InChI=1S/C17H18BrN5O5S/c18-12-1-4-16(20-10-12)21-17(24)11-5-7-22(8-6-11)14-3-2-13(29(19,27)28)9-15(14)23(25)26/h1-4,9-11H,5-8H2,(H2,19,27,28)(H,20,21,24). The molecular formula is C17H18BrN5O5S. The Balaban J connectivity index is 1.69. The molecule has 1 fully saturated rings. The summed E-state index contributed by atoms with van der Waals surface area (Å²) in [4.78, 5) is 28.8. The predicted octanol–water partition coefficient (Wildman–Crippen LogP) is 2.25. The number of amides is 1. The number of nitrogens with zero attached hydrogens (tertiary/aromatic N) is 3. The first-order chi connectivity index (χ1) is 13.6. The van der Waals surface area contributed by atoms with Gasteiger partial charge in [0.15, 0.2) is 0 Å². The van der Waals surface area contributed by atoms with Crippen LogP contribution < -0.4 is 15.4 Å². The predicted molar refractivity (Wildman–Crippen MR) is 110 cm³/mol. The van der Waals surface area contributed by atoms with E-state index in [1.54, 1.807) is 23.2 Å². The third-order valence-corrected chi connectivity index (χ3v) is 6.04. The summed E-state index contributed by atoms with van der Waals surface area (Å²) in [7, 11) is -4.04. The number of anilines is 2. The van der Waals surface area contributed by atoms with Crippen molar-refractivity contribution in [3.63, 3.8) is 0 Å². The van der Waals surface area contributed by atoms with E-state index in [0.29, 0.717) is 37.4 Å². The second kappa shape index (κ2) is 8.43. The molecule has 1 aliphatic rings. The van der Waals surface area contributed by atoms with Crippen LogP contribution in [-0.2, 0) is 14.8 Å². The second-order valence-corrected chi connectivity index (χ2v) is 9.04. The van der Waals surface area contributed by atoms with Crippen molar-refractivity contribution in [1.29, 1.82) is 0 Å². The van der Waals surface area contributed by atoms with Crippen LogP contribution in [0.1, 0.15) is 12.8 Å². The molecule has 154 valence electrons. The van der Waals surface area contributed by atoms with Gasteiger partial charge in [-0.1, -0.05) is 0 Å². The van der Waals surface area contributed by atoms with Crippen molar-refractivity contribution in [2.24, 2.45) is 11.1 Å². The molecule has 0 aliphatic carbocycles. The van der Waals surface area contributed by atoms with E-state index in [9.17, 15) is 23.3 Å². The van der Waals surface area contributed by atoms with Crippen LogP contribution in [0.15, 0.2) is 45.9 Å². The summed E-state index contributed by atoms with van der Waals surface area (Å²) in [6, 6.07) is 7.05. The quantitative estimate of drug-likeness (QED) is 0.488. The number of sulfonamides is 1. The van der Waals surface area contributed by atoms with Crippen molar-refractivity contribution in [3.05, 3.63) is 51.1 Å². The lowest BCUT2D eigenvalue weighted by Crippen LogP contribution is -2.38. The number of primary sulfonamides is 1. The van der Waals surface area contributed by atoms with Gasteiger partial charge in [0.1, 0.15) is 11.5 Å². The molecule has 0 atom stereocenters. The third kappa shape index (κ3) is 5.08. The molecule has 0 spiro atoms. The number of pyridine rings is 1. The van der Waals surface area contributed by atoms with E-state index in [2.05, 4.69) is 26.2 Å². The molecule has 0 unspecified atom stereocenters. The number of nitrogens with one attached hydrogen (secondary N) is 1. The molecule has 10 nitrogen and oxygen atoms in total. The zero-order valence-electron chi connectivity index (χ0n) is 15.1. The van der Waals surface area contributed by atoms with Gasteiger partial charge in [-0.05, 0) is 53.0 Å². The molecule has 0 bridgehead atoms. The fourth-order valence-corrected chi connectivity index (χ4v) is 3.92. The maximum absolute atomic E-state index is 12.5. The number of carbonyl (C=O) groups excluding carboxylic acids is 1. The van der Waals surface area contributed by atoms with Gasteiger partial charge in [0.2, 0.25) is 15.9 Å². The Hall–Kier alpha value is -2.57. The van der Waals surface area contributed by atoms with Gasteiger partial charge in [-0.25, -0.2) is 18.5 Å². The van der Waals surface area contributed by atoms with Gasteiger partial charge in [-0.3, -0.25) is 14.9 Å². The fraction of sp³-hybridized carbons (Fsp3) is 0.294. The van der Waals surface area contributed by atoms with E-state index >= 15 is 0 Å². The lowest BCUT2D eigenvalue weighted by atomic mass is 9.95. The average molecular weight is 484 g/mol. The Morgan fingerprint density at radius 3 is 2.52 bits per heavy atom. The summed E-state index contributed by atoms with van der Waals surface area (Å²) in [6.07, 6.45) is 2.58. The Bertz CT molecular complexity index is 1040. The summed E-state index contributed by atoms with van der Waals surface area (Å²) in [5.41, 5.74) is -0.0330. The number of nitro groups is 1. The molecule has 1 amide bonds. The van der Waals surface area contributed by atoms with Gasteiger partial charge in [-0.15, -0.1) is 0 Å². The van der Waals surface area contributed by atoms with E-state index < -0.39 is 14.9 Å². The SMILES string of the molecule is NS(=O)(=O)c1ccc(N2CCC(C(=O)Nc3ccc(Br)cn3)CC2)c([N+](=O)[O-])c1. The summed E-state index contributed by atoms with van der Waals surface area (Å²) in [5.74, 6) is 0.0489. The first kappa shape index (κ1) is 21.1. The van der Waals surface area contributed by atoms with E-state index in [1.165, 1.54) is 12.1 Å². The molecule has 1 aromatic carbocycles. The fourth-order valence-electron chi connectivity index (χ4n) is 3.15. The zero-order chi connectivity index (χ0) is 21.2. The lowest BCUT2D eigenvalue weighted by Gasteiger charge is -2.32. The molecule has 2 heterocycles. The van der Waals surface area contributed by atoms with Gasteiger partial charge in [0.05, 0.1) is 9.82 Å². The molecular weight excluding hydrogens is 466 g/mol. The summed E-state index contributed by atoms with van der Waals surface area (Å²) < 4.78 is 23.7. The van der Waals surface area contributed by atoms with E-state index in [1.807, 2.05) is 0 Å². The molecule has 1 aliphatic heterocycles. The Labute approximate surface area is 175 Å². The van der Waals surface area contributed by atoms with Gasteiger partial charge < -0.3 is 10.2 Å². The van der Waals surface area contributed by atoms with Crippen LogP contribution in [-0.4, -0.2) is 37.3 Å². The molecule has 29 heavy (non-hydrogen) atoms. The van der Waals surface area contributed by atoms with Gasteiger partial charge in [0.25, 0.3) is 5.69 Å². The number of rotatable bonds is 5. The largest absolute Gasteiger partial charge is 0.366 e. The highest BCUT2D eigenvalue weighted by Crippen LogP contribution is 2.33. The van der Waals surface area contributed by atoms with Crippen LogP contribution in [0.5, 0.6) is 0 Å². The molecule has 12 heteroatoms. The maximum Gasteiger partial charge on any atom is 0.293 e. The van der Waals surface area contributed by atoms with Crippen LogP contribution in [0.25, 0.3) is 0 Å². The van der Waals surface area contributed by atoms with Crippen molar-refractivity contribution in [2.75, 3.05) is 23.3 Å². The second-order valence-electron chi connectivity index (χ2n) is 6.56. The van der Waals surface area contributed by atoms with Crippen LogP contribution in [0.3, 0.4) is 0 Å². The minimum atomic E-state index is -4.04. The van der Waals surface area contributed by atoms with Gasteiger partial charge in [-0.2, -0.15) is 0 Å². The number of aromatic nitrogens is 1. The number of benzene rings is 1. The Morgan fingerprint density at radius 2 is 1.97 bits per heavy atom.